The second kappa shape index (κ2) is 6.00. The zero-order valence-corrected chi connectivity index (χ0v) is 10.8. The molecular weight excluding hydrogens is 250 g/mol. The molecule has 1 atom stereocenters. The van der Waals surface area contributed by atoms with Gasteiger partial charge in [-0.2, -0.15) is 0 Å². The van der Waals surface area contributed by atoms with Crippen LogP contribution in [0.4, 0.5) is 5.69 Å². The fourth-order valence-electron chi connectivity index (χ4n) is 2.23. The molecule has 1 aliphatic carbocycles. The van der Waals surface area contributed by atoms with E-state index >= 15 is 0 Å². The molecule has 1 fully saturated rings. The summed E-state index contributed by atoms with van der Waals surface area (Å²) in [5.41, 5.74) is 0.153. The third kappa shape index (κ3) is 3.10. The average molecular weight is 265 g/mol. The summed E-state index contributed by atoms with van der Waals surface area (Å²) >= 11 is 1.47. The van der Waals surface area contributed by atoms with E-state index in [2.05, 4.69) is 0 Å². The molecule has 4 nitrogen and oxygen atoms in total. The van der Waals surface area contributed by atoms with Crippen molar-refractivity contribution in [2.24, 2.45) is 5.92 Å². The lowest BCUT2D eigenvalue weighted by Gasteiger charge is -2.07. The monoisotopic (exact) mass is 265 g/mol. The van der Waals surface area contributed by atoms with E-state index in [9.17, 15) is 14.9 Å². The van der Waals surface area contributed by atoms with Crippen LogP contribution in [-0.2, 0) is 4.79 Å². The van der Waals surface area contributed by atoms with Crippen LogP contribution in [0.15, 0.2) is 29.2 Å². The summed E-state index contributed by atoms with van der Waals surface area (Å²) < 4.78 is 0. The SMILES string of the molecule is O=C1CCCC1CCSc1ccccc1[N+](=O)[O-]. The van der Waals surface area contributed by atoms with Crippen LogP contribution in [0.2, 0.25) is 0 Å². The minimum absolute atomic E-state index is 0.153. The van der Waals surface area contributed by atoms with Crippen molar-refractivity contribution in [1.29, 1.82) is 0 Å². The van der Waals surface area contributed by atoms with E-state index in [1.165, 1.54) is 17.8 Å². The molecule has 0 saturated heterocycles. The van der Waals surface area contributed by atoms with Gasteiger partial charge in [0.1, 0.15) is 5.78 Å². The largest absolute Gasteiger partial charge is 0.299 e. The molecule has 0 N–H and O–H groups in total. The van der Waals surface area contributed by atoms with Crippen molar-refractivity contribution in [3.8, 4) is 0 Å². The molecular formula is C13H15NO3S. The Morgan fingerprint density at radius 1 is 1.39 bits per heavy atom. The fourth-order valence-corrected chi connectivity index (χ4v) is 3.32. The lowest BCUT2D eigenvalue weighted by atomic mass is 10.1. The number of benzene rings is 1. The molecule has 0 heterocycles. The third-order valence-electron chi connectivity index (χ3n) is 3.22. The van der Waals surface area contributed by atoms with Crippen molar-refractivity contribution >= 4 is 23.2 Å². The molecule has 1 aromatic rings. The highest BCUT2D eigenvalue weighted by Gasteiger charge is 2.24. The average Bonchev–Trinajstić information content (AvgIpc) is 2.76. The summed E-state index contributed by atoms with van der Waals surface area (Å²) in [7, 11) is 0. The molecule has 0 bridgehead atoms. The summed E-state index contributed by atoms with van der Waals surface area (Å²) in [6.07, 6.45) is 3.52. The summed E-state index contributed by atoms with van der Waals surface area (Å²) in [5.74, 6) is 1.31. The first-order valence-electron chi connectivity index (χ1n) is 6.07. The number of nitrogens with zero attached hydrogens (tertiary/aromatic N) is 1. The predicted octanol–water partition coefficient (Wildman–Crippen LogP) is 3.45. The molecule has 0 aliphatic heterocycles. The van der Waals surface area contributed by atoms with E-state index < -0.39 is 0 Å². The number of hydrogen-bond donors (Lipinski definition) is 0. The number of hydrogen-bond acceptors (Lipinski definition) is 4. The van der Waals surface area contributed by atoms with Gasteiger partial charge in [0, 0.05) is 18.4 Å². The van der Waals surface area contributed by atoms with E-state index in [0.29, 0.717) is 17.1 Å². The molecule has 1 aliphatic rings. The van der Waals surface area contributed by atoms with Gasteiger partial charge in [-0.15, -0.1) is 11.8 Å². The standard InChI is InChI=1S/C13H15NO3S/c15-12-6-3-4-10(12)8-9-18-13-7-2-1-5-11(13)14(16)17/h1-2,5,7,10H,3-4,6,8-9H2. The number of para-hydroxylation sites is 1. The van der Waals surface area contributed by atoms with Crippen molar-refractivity contribution in [2.45, 2.75) is 30.6 Å². The van der Waals surface area contributed by atoms with Crippen LogP contribution in [0.25, 0.3) is 0 Å². The zero-order valence-electron chi connectivity index (χ0n) is 10.0. The van der Waals surface area contributed by atoms with Gasteiger partial charge in [-0.1, -0.05) is 12.1 Å². The van der Waals surface area contributed by atoms with Crippen molar-refractivity contribution < 1.29 is 9.72 Å². The second-order valence-corrected chi connectivity index (χ2v) is 5.55. The summed E-state index contributed by atoms with van der Waals surface area (Å²) in [4.78, 5) is 22.6. The first kappa shape index (κ1) is 13.1. The number of Topliss-reactive ketones (excluding diaryl/α,β-unsaturated/α-hetero) is 1. The molecule has 0 amide bonds. The first-order valence-corrected chi connectivity index (χ1v) is 7.06. The van der Waals surface area contributed by atoms with Gasteiger partial charge >= 0.3 is 0 Å². The molecule has 0 radical (unpaired) electrons. The van der Waals surface area contributed by atoms with Gasteiger partial charge in [0.2, 0.25) is 0 Å². The van der Waals surface area contributed by atoms with Crippen LogP contribution in [0.1, 0.15) is 25.7 Å². The quantitative estimate of drug-likeness (QED) is 0.465. The van der Waals surface area contributed by atoms with Gasteiger partial charge in [0.05, 0.1) is 9.82 Å². The fraction of sp³-hybridized carbons (Fsp3) is 0.462. The molecule has 1 unspecified atom stereocenters. The molecule has 2 rings (SSSR count). The molecule has 0 spiro atoms. The highest BCUT2D eigenvalue weighted by Crippen LogP contribution is 2.32. The van der Waals surface area contributed by atoms with Crippen molar-refractivity contribution in [2.75, 3.05) is 5.75 Å². The van der Waals surface area contributed by atoms with Crippen LogP contribution < -0.4 is 0 Å². The maximum Gasteiger partial charge on any atom is 0.282 e. The Labute approximate surface area is 110 Å². The predicted molar refractivity (Wildman–Crippen MR) is 70.8 cm³/mol. The normalized spacial score (nSPS) is 19.1. The van der Waals surface area contributed by atoms with Gasteiger partial charge in [0.25, 0.3) is 5.69 Å². The topological polar surface area (TPSA) is 60.2 Å². The van der Waals surface area contributed by atoms with Gasteiger partial charge in [-0.05, 0) is 31.1 Å². The number of rotatable bonds is 5. The summed E-state index contributed by atoms with van der Waals surface area (Å²) in [6, 6.07) is 6.75. The Hall–Kier alpha value is -1.36. The van der Waals surface area contributed by atoms with Crippen LogP contribution in [-0.4, -0.2) is 16.5 Å². The smallest absolute Gasteiger partial charge is 0.282 e. The maximum atomic E-state index is 11.5. The molecule has 5 heteroatoms. The molecule has 1 aromatic carbocycles. The van der Waals surface area contributed by atoms with Crippen LogP contribution >= 0.6 is 11.8 Å². The number of ketones is 1. The lowest BCUT2D eigenvalue weighted by molar-refractivity contribution is -0.387. The molecule has 0 aromatic heterocycles. The molecule has 18 heavy (non-hydrogen) atoms. The second-order valence-electron chi connectivity index (χ2n) is 4.42. The Morgan fingerprint density at radius 3 is 2.83 bits per heavy atom. The lowest BCUT2D eigenvalue weighted by Crippen LogP contribution is -2.06. The van der Waals surface area contributed by atoms with E-state index in [1.54, 1.807) is 18.2 Å². The minimum atomic E-state index is -0.358. The number of thioether (sulfide) groups is 1. The maximum absolute atomic E-state index is 11.5. The summed E-state index contributed by atoms with van der Waals surface area (Å²) in [6.45, 7) is 0. The highest BCUT2D eigenvalue weighted by molar-refractivity contribution is 7.99. The van der Waals surface area contributed by atoms with E-state index in [1.807, 2.05) is 0 Å². The zero-order chi connectivity index (χ0) is 13.0. The Balaban J connectivity index is 1.90. The third-order valence-corrected chi connectivity index (χ3v) is 4.31. The number of nitro benzene ring substituents is 1. The molecule has 96 valence electrons. The van der Waals surface area contributed by atoms with Gasteiger partial charge in [-0.25, -0.2) is 0 Å². The van der Waals surface area contributed by atoms with E-state index in [-0.39, 0.29) is 16.5 Å². The van der Waals surface area contributed by atoms with E-state index in [0.717, 1.165) is 25.0 Å². The minimum Gasteiger partial charge on any atom is -0.299 e. The number of nitro groups is 1. The van der Waals surface area contributed by atoms with Crippen LogP contribution in [0, 0.1) is 16.0 Å². The van der Waals surface area contributed by atoms with Crippen molar-refractivity contribution in [3.05, 3.63) is 34.4 Å². The van der Waals surface area contributed by atoms with Gasteiger partial charge in [0.15, 0.2) is 0 Å². The number of carbonyl (C=O) groups is 1. The Bertz CT molecular complexity index is 461. The molecule has 1 saturated carbocycles. The van der Waals surface area contributed by atoms with Crippen LogP contribution in [0.3, 0.4) is 0 Å². The summed E-state index contributed by atoms with van der Waals surface area (Å²) in [5, 5.41) is 10.8. The first-order chi connectivity index (χ1) is 8.68. The van der Waals surface area contributed by atoms with Gasteiger partial charge < -0.3 is 0 Å². The van der Waals surface area contributed by atoms with Gasteiger partial charge in [-0.3, -0.25) is 14.9 Å². The van der Waals surface area contributed by atoms with Crippen LogP contribution in [0.5, 0.6) is 0 Å². The van der Waals surface area contributed by atoms with Crippen molar-refractivity contribution in [1.82, 2.24) is 0 Å². The Kier molecular flexibility index (Phi) is 4.36. The number of carbonyl (C=O) groups excluding carboxylic acids is 1. The van der Waals surface area contributed by atoms with Crippen molar-refractivity contribution in [3.63, 3.8) is 0 Å². The Morgan fingerprint density at radius 2 is 2.17 bits per heavy atom. The highest BCUT2D eigenvalue weighted by atomic mass is 32.2. The van der Waals surface area contributed by atoms with E-state index in [4.69, 9.17) is 0 Å².